The molecular formula is C9H21N2O4P. The zero-order valence-electron chi connectivity index (χ0n) is 9.71. The number of phosphoric acid groups is 1. The molecule has 1 aliphatic rings. The molecule has 0 amide bonds. The van der Waals surface area contributed by atoms with Gasteiger partial charge in [0.25, 0.3) is 0 Å². The summed E-state index contributed by atoms with van der Waals surface area (Å²) in [5.74, 6) is 0. The molecule has 1 saturated heterocycles. The Morgan fingerprint density at radius 2 is 1.62 bits per heavy atom. The highest BCUT2D eigenvalue weighted by Gasteiger charge is 2.18. The topological polar surface area (TPSA) is 73.2 Å². The predicted molar refractivity (Wildman–Crippen MR) is 61.2 cm³/mol. The highest BCUT2D eigenvalue weighted by atomic mass is 31.2. The van der Waals surface area contributed by atoms with E-state index in [-0.39, 0.29) is 6.61 Å². The third-order valence-corrected chi connectivity index (χ3v) is 3.19. The van der Waals surface area contributed by atoms with Crippen LogP contribution < -0.4 is 0 Å². The van der Waals surface area contributed by atoms with Gasteiger partial charge in [-0.15, -0.1) is 0 Å². The van der Waals surface area contributed by atoms with Crippen LogP contribution in [0.15, 0.2) is 0 Å². The van der Waals surface area contributed by atoms with Crippen molar-refractivity contribution in [2.75, 3.05) is 45.9 Å². The Hall–Kier alpha value is 0.0300. The van der Waals surface area contributed by atoms with Gasteiger partial charge in [-0.2, -0.15) is 0 Å². The van der Waals surface area contributed by atoms with Crippen molar-refractivity contribution >= 4 is 7.82 Å². The number of hydrogen-bond acceptors (Lipinski definition) is 4. The van der Waals surface area contributed by atoms with Gasteiger partial charge in [-0.1, -0.05) is 6.92 Å². The van der Waals surface area contributed by atoms with Crippen LogP contribution in [0.3, 0.4) is 0 Å². The van der Waals surface area contributed by atoms with Crippen LogP contribution >= 0.6 is 7.82 Å². The second-order valence-corrected chi connectivity index (χ2v) is 5.25. The largest absolute Gasteiger partial charge is 0.469 e. The lowest BCUT2D eigenvalue weighted by atomic mass is 10.3. The lowest BCUT2D eigenvalue weighted by Gasteiger charge is -2.34. The number of hydrogen-bond donors (Lipinski definition) is 2. The zero-order valence-corrected chi connectivity index (χ0v) is 10.6. The molecule has 0 aromatic rings. The fourth-order valence-corrected chi connectivity index (χ4v) is 2.16. The molecule has 1 heterocycles. The van der Waals surface area contributed by atoms with Crippen molar-refractivity contribution in [1.29, 1.82) is 0 Å². The van der Waals surface area contributed by atoms with E-state index in [4.69, 9.17) is 9.79 Å². The van der Waals surface area contributed by atoms with Gasteiger partial charge in [0.1, 0.15) is 0 Å². The summed E-state index contributed by atoms with van der Waals surface area (Å²) >= 11 is 0. The quantitative estimate of drug-likeness (QED) is 0.654. The zero-order chi connectivity index (χ0) is 12.0. The van der Waals surface area contributed by atoms with Crippen molar-refractivity contribution in [2.24, 2.45) is 0 Å². The third-order valence-electron chi connectivity index (χ3n) is 2.67. The van der Waals surface area contributed by atoms with Crippen LogP contribution in [0.5, 0.6) is 0 Å². The number of phosphoric ester groups is 1. The van der Waals surface area contributed by atoms with E-state index < -0.39 is 7.82 Å². The fraction of sp³-hybridized carbons (Fsp3) is 1.00. The van der Waals surface area contributed by atoms with Crippen molar-refractivity contribution in [3.05, 3.63) is 0 Å². The monoisotopic (exact) mass is 252 g/mol. The van der Waals surface area contributed by atoms with Crippen LogP contribution in [0.4, 0.5) is 0 Å². The van der Waals surface area contributed by atoms with E-state index in [0.717, 1.165) is 32.7 Å². The molecule has 0 aliphatic carbocycles. The van der Waals surface area contributed by atoms with Crippen LogP contribution in [0.2, 0.25) is 0 Å². The lowest BCUT2D eigenvalue weighted by Crippen LogP contribution is -2.47. The molecule has 0 aromatic carbocycles. The summed E-state index contributed by atoms with van der Waals surface area (Å²) in [6, 6.07) is 0. The molecule has 0 spiro atoms. The van der Waals surface area contributed by atoms with E-state index in [2.05, 4.69) is 21.2 Å². The Balaban J connectivity index is 2.10. The second-order valence-electron chi connectivity index (χ2n) is 4.01. The van der Waals surface area contributed by atoms with Gasteiger partial charge in [-0.05, 0) is 13.0 Å². The molecule has 16 heavy (non-hydrogen) atoms. The van der Waals surface area contributed by atoms with Crippen molar-refractivity contribution in [2.45, 2.75) is 13.3 Å². The molecule has 0 unspecified atom stereocenters. The molecule has 7 heteroatoms. The molecule has 0 atom stereocenters. The Morgan fingerprint density at radius 1 is 1.12 bits per heavy atom. The summed E-state index contributed by atoms with van der Waals surface area (Å²) in [5, 5.41) is 0. The molecule has 0 aromatic heterocycles. The Labute approximate surface area is 96.4 Å². The number of nitrogens with zero attached hydrogens (tertiary/aromatic N) is 2. The first-order chi connectivity index (χ1) is 7.51. The molecule has 1 rings (SSSR count). The van der Waals surface area contributed by atoms with Crippen LogP contribution in [0, 0.1) is 0 Å². The standard InChI is InChI=1S/C9H21N2O4P/c1-2-3-10-4-6-11(7-5-10)8-9-15-16(12,13)14/h2-9H2,1H3,(H2,12,13,14). The average molecular weight is 252 g/mol. The van der Waals surface area contributed by atoms with E-state index in [1.165, 1.54) is 6.42 Å². The first kappa shape index (κ1) is 14.1. The summed E-state index contributed by atoms with van der Waals surface area (Å²) in [6.07, 6.45) is 1.17. The second kappa shape index (κ2) is 6.69. The van der Waals surface area contributed by atoms with Crippen LogP contribution in [-0.2, 0) is 9.09 Å². The van der Waals surface area contributed by atoms with Crippen molar-refractivity contribution in [3.63, 3.8) is 0 Å². The smallest absolute Gasteiger partial charge is 0.303 e. The van der Waals surface area contributed by atoms with Gasteiger partial charge >= 0.3 is 7.82 Å². The molecule has 1 fully saturated rings. The molecule has 1 aliphatic heterocycles. The van der Waals surface area contributed by atoms with Crippen molar-refractivity contribution in [1.82, 2.24) is 9.80 Å². The van der Waals surface area contributed by atoms with Crippen molar-refractivity contribution in [3.8, 4) is 0 Å². The minimum atomic E-state index is -4.29. The van der Waals surface area contributed by atoms with E-state index in [1.807, 2.05) is 0 Å². The first-order valence-electron chi connectivity index (χ1n) is 5.66. The minimum Gasteiger partial charge on any atom is -0.303 e. The van der Waals surface area contributed by atoms with Gasteiger partial charge < -0.3 is 14.7 Å². The summed E-state index contributed by atoms with van der Waals surface area (Å²) in [6.45, 7) is 7.94. The predicted octanol–water partition coefficient (Wildman–Crippen LogP) is 0.123. The molecule has 96 valence electrons. The van der Waals surface area contributed by atoms with Crippen molar-refractivity contribution < 1.29 is 18.9 Å². The maximum absolute atomic E-state index is 10.5. The first-order valence-corrected chi connectivity index (χ1v) is 7.19. The SMILES string of the molecule is CCCN1CCN(CCOP(=O)(O)O)CC1. The molecule has 0 bridgehead atoms. The highest BCUT2D eigenvalue weighted by molar-refractivity contribution is 7.46. The Kier molecular flexibility index (Phi) is 5.89. The Bertz CT molecular complexity index is 238. The highest BCUT2D eigenvalue weighted by Crippen LogP contribution is 2.35. The number of piperazine rings is 1. The van der Waals surface area contributed by atoms with Crippen LogP contribution in [-0.4, -0.2) is 65.5 Å². The maximum Gasteiger partial charge on any atom is 0.469 e. The van der Waals surface area contributed by atoms with Gasteiger partial charge in [0.15, 0.2) is 0 Å². The van der Waals surface area contributed by atoms with E-state index in [1.54, 1.807) is 0 Å². The van der Waals surface area contributed by atoms with E-state index in [9.17, 15) is 4.57 Å². The van der Waals surface area contributed by atoms with Gasteiger partial charge in [0, 0.05) is 32.7 Å². The lowest BCUT2D eigenvalue weighted by molar-refractivity contribution is 0.107. The molecule has 6 nitrogen and oxygen atoms in total. The number of rotatable bonds is 6. The van der Waals surface area contributed by atoms with Gasteiger partial charge in [-0.25, -0.2) is 4.57 Å². The minimum absolute atomic E-state index is 0.0953. The summed E-state index contributed by atoms with van der Waals surface area (Å²) in [4.78, 5) is 21.6. The fourth-order valence-electron chi connectivity index (χ4n) is 1.84. The summed E-state index contributed by atoms with van der Waals surface area (Å²) in [5.41, 5.74) is 0. The molecule has 2 N–H and O–H groups in total. The third kappa shape index (κ3) is 5.94. The summed E-state index contributed by atoms with van der Waals surface area (Å²) < 4.78 is 14.9. The van der Waals surface area contributed by atoms with Crippen LogP contribution in [0.1, 0.15) is 13.3 Å². The average Bonchev–Trinajstić information content (AvgIpc) is 2.19. The van der Waals surface area contributed by atoms with E-state index in [0.29, 0.717) is 6.54 Å². The maximum atomic E-state index is 10.5. The molecular weight excluding hydrogens is 231 g/mol. The molecule has 0 radical (unpaired) electrons. The Morgan fingerprint density at radius 3 is 2.06 bits per heavy atom. The van der Waals surface area contributed by atoms with E-state index >= 15 is 0 Å². The van der Waals surface area contributed by atoms with Gasteiger partial charge in [0.2, 0.25) is 0 Å². The van der Waals surface area contributed by atoms with Crippen LogP contribution in [0.25, 0.3) is 0 Å². The molecule has 0 saturated carbocycles. The van der Waals surface area contributed by atoms with Gasteiger partial charge in [0.05, 0.1) is 6.61 Å². The summed E-state index contributed by atoms with van der Waals surface area (Å²) in [7, 11) is -4.29. The van der Waals surface area contributed by atoms with Gasteiger partial charge in [-0.3, -0.25) is 9.42 Å². The normalized spacial score (nSPS) is 20.2.